The van der Waals surface area contributed by atoms with Crippen molar-refractivity contribution >= 4 is 34.2 Å². The van der Waals surface area contributed by atoms with Crippen LogP contribution in [0.3, 0.4) is 0 Å². The summed E-state index contributed by atoms with van der Waals surface area (Å²) in [4.78, 5) is 4.22. The molecule has 1 unspecified atom stereocenters. The van der Waals surface area contributed by atoms with E-state index in [9.17, 15) is 28.5 Å². The standard InChI is InChI=1S/C34H29Cl2F3N2O4/c35-25-17-24(34(37,38)39)18-26-28(25)40-31(36)41(26)30-33(44,20-23-14-8-3-9-15-23)32(43,19-22-12-6-2-7-13-22)29(45-30)27(42)16-21-10-4-1-5-11-21/h1-15,17-18,27,29-30,42-44H,16,19-20H2/t27?,29-,30-,32-,33+/m1/s1. The predicted octanol–water partition coefficient (Wildman–Crippen LogP) is 6.81. The third-order valence-electron chi connectivity index (χ3n) is 8.44. The van der Waals surface area contributed by atoms with Gasteiger partial charge in [-0.2, -0.15) is 13.2 Å². The fourth-order valence-electron chi connectivity index (χ4n) is 6.29. The number of fused-ring (bicyclic) bond motifs is 1. The molecule has 0 bridgehead atoms. The molecule has 11 heteroatoms. The summed E-state index contributed by atoms with van der Waals surface area (Å²) >= 11 is 12.9. The Morgan fingerprint density at radius 2 is 1.31 bits per heavy atom. The number of aromatic nitrogens is 2. The van der Waals surface area contributed by atoms with Crippen molar-refractivity contribution in [2.24, 2.45) is 0 Å². The molecule has 0 radical (unpaired) electrons. The number of benzene rings is 4. The van der Waals surface area contributed by atoms with Crippen molar-refractivity contribution in [1.82, 2.24) is 9.55 Å². The highest BCUT2D eigenvalue weighted by Crippen LogP contribution is 2.52. The molecule has 1 saturated heterocycles. The van der Waals surface area contributed by atoms with Crippen molar-refractivity contribution in [2.45, 2.75) is 55.1 Å². The van der Waals surface area contributed by atoms with Crippen LogP contribution in [0.1, 0.15) is 28.5 Å². The molecule has 0 spiro atoms. The Morgan fingerprint density at radius 3 is 1.84 bits per heavy atom. The highest BCUT2D eigenvalue weighted by atomic mass is 35.5. The summed E-state index contributed by atoms with van der Waals surface area (Å²) in [6, 6.07) is 28.3. The molecule has 2 heterocycles. The lowest BCUT2D eigenvalue weighted by atomic mass is 9.71. The molecule has 5 atom stereocenters. The maximum Gasteiger partial charge on any atom is 0.416 e. The van der Waals surface area contributed by atoms with Crippen molar-refractivity contribution in [1.29, 1.82) is 0 Å². The molecule has 5 aromatic rings. The Bertz CT molecular complexity index is 1790. The van der Waals surface area contributed by atoms with Gasteiger partial charge in [-0.25, -0.2) is 4.98 Å². The quantitative estimate of drug-likeness (QED) is 0.171. The fourth-order valence-corrected chi connectivity index (χ4v) is 6.81. The SMILES string of the molecule is OC(Cc1ccccc1)[C@H]1O[C@@H](n2c(Cl)nc3c(Cl)cc(C(F)(F)F)cc32)[C@@](O)(Cc2ccccc2)[C@@]1(O)Cc1ccccc1. The van der Waals surface area contributed by atoms with Gasteiger partial charge in [0.15, 0.2) is 6.23 Å². The zero-order valence-electron chi connectivity index (χ0n) is 23.7. The van der Waals surface area contributed by atoms with Crippen LogP contribution in [0.25, 0.3) is 11.0 Å². The number of ether oxygens (including phenoxy) is 1. The second-order valence-electron chi connectivity index (χ2n) is 11.4. The highest BCUT2D eigenvalue weighted by Gasteiger charge is 2.68. The third-order valence-corrected chi connectivity index (χ3v) is 9.00. The van der Waals surface area contributed by atoms with E-state index >= 15 is 0 Å². The van der Waals surface area contributed by atoms with Gasteiger partial charge >= 0.3 is 6.18 Å². The van der Waals surface area contributed by atoms with E-state index in [1.54, 1.807) is 60.7 Å². The van der Waals surface area contributed by atoms with Crippen LogP contribution in [0, 0.1) is 0 Å². The van der Waals surface area contributed by atoms with Gasteiger partial charge in [-0.15, -0.1) is 0 Å². The van der Waals surface area contributed by atoms with Gasteiger partial charge in [0.25, 0.3) is 0 Å². The number of aliphatic hydroxyl groups excluding tert-OH is 1. The number of nitrogens with zero attached hydrogens (tertiary/aromatic N) is 2. The van der Waals surface area contributed by atoms with Gasteiger partial charge in [-0.05, 0) is 40.4 Å². The van der Waals surface area contributed by atoms with E-state index in [4.69, 9.17) is 27.9 Å². The first-order valence-electron chi connectivity index (χ1n) is 14.2. The monoisotopic (exact) mass is 656 g/mol. The first-order valence-corrected chi connectivity index (χ1v) is 15.0. The number of rotatable bonds is 8. The first-order chi connectivity index (χ1) is 21.4. The van der Waals surface area contributed by atoms with Crippen molar-refractivity contribution < 1.29 is 33.2 Å². The van der Waals surface area contributed by atoms with Crippen molar-refractivity contribution in [3.8, 4) is 0 Å². The molecule has 234 valence electrons. The molecule has 0 aliphatic carbocycles. The Kier molecular flexibility index (Phi) is 8.45. The number of imidazole rings is 1. The number of alkyl halides is 3. The molecule has 1 aliphatic rings. The van der Waals surface area contributed by atoms with Gasteiger partial charge in [-0.3, -0.25) is 4.57 Å². The Morgan fingerprint density at radius 1 is 0.800 bits per heavy atom. The fraction of sp³-hybridized carbons (Fsp3) is 0.265. The molecule has 1 aromatic heterocycles. The zero-order chi connectivity index (χ0) is 32.0. The van der Waals surface area contributed by atoms with E-state index in [0.29, 0.717) is 11.1 Å². The van der Waals surface area contributed by atoms with Gasteiger partial charge in [-0.1, -0.05) is 103 Å². The maximum absolute atomic E-state index is 13.9. The molecule has 1 aliphatic heterocycles. The largest absolute Gasteiger partial charge is 0.416 e. The van der Waals surface area contributed by atoms with Crippen LogP contribution in [0.4, 0.5) is 13.2 Å². The summed E-state index contributed by atoms with van der Waals surface area (Å²) in [6.45, 7) is 0. The molecule has 45 heavy (non-hydrogen) atoms. The van der Waals surface area contributed by atoms with Crippen LogP contribution >= 0.6 is 23.2 Å². The molecule has 4 aromatic carbocycles. The van der Waals surface area contributed by atoms with Crippen molar-refractivity contribution in [3.63, 3.8) is 0 Å². The molecular formula is C34H29Cl2F3N2O4. The summed E-state index contributed by atoms with van der Waals surface area (Å²) in [5, 5.41) is 36.7. The molecule has 1 fully saturated rings. The van der Waals surface area contributed by atoms with Crippen molar-refractivity contribution in [3.05, 3.63) is 136 Å². The normalized spacial score (nSPS) is 24.3. The Labute approximate surface area is 267 Å². The van der Waals surface area contributed by atoms with Crippen LogP contribution < -0.4 is 0 Å². The third kappa shape index (κ3) is 5.85. The minimum Gasteiger partial charge on any atom is -0.390 e. The minimum absolute atomic E-state index is 0.0415. The van der Waals surface area contributed by atoms with E-state index in [-0.39, 0.29) is 40.6 Å². The average molecular weight is 658 g/mol. The smallest absolute Gasteiger partial charge is 0.390 e. The van der Waals surface area contributed by atoms with E-state index in [1.807, 2.05) is 30.3 Å². The Hall–Kier alpha value is -3.44. The van der Waals surface area contributed by atoms with Gasteiger partial charge in [0, 0.05) is 19.3 Å². The van der Waals surface area contributed by atoms with E-state index in [2.05, 4.69) is 4.98 Å². The summed E-state index contributed by atoms with van der Waals surface area (Å²) < 4.78 is 49.3. The van der Waals surface area contributed by atoms with E-state index in [0.717, 1.165) is 22.3 Å². The lowest BCUT2D eigenvalue weighted by Gasteiger charge is -2.42. The Balaban J connectivity index is 1.57. The minimum atomic E-state index is -4.75. The van der Waals surface area contributed by atoms with Crippen LogP contribution in [0.5, 0.6) is 0 Å². The zero-order valence-corrected chi connectivity index (χ0v) is 25.2. The topological polar surface area (TPSA) is 87.7 Å². The molecule has 0 saturated carbocycles. The van der Waals surface area contributed by atoms with Gasteiger partial charge in [0.2, 0.25) is 5.28 Å². The second-order valence-corrected chi connectivity index (χ2v) is 12.2. The maximum atomic E-state index is 13.9. The van der Waals surface area contributed by atoms with Crippen LogP contribution in [0.15, 0.2) is 103 Å². The van der Waals surface area contributed by atoms with Gasteiger partial charge in [0.05, 0.1) is 22.2 Å². The molecule has 6 rings (SSSR count). The average Bonchev–Trinajstić information content (AvgIpc) is 3.44. The summed E-state index contributed by atoms with van der Waals surface area (Å²) in [7, 11) is 0. The number of hydrogen-bond donors (Lipinski definition) is 3. The lowest BCUT2D eigenvalue weighted by molar-refractivity contribution is -0.160. The van der Waals surface area contributed by atoms with Crippen molar-refractivity contribution in [2.75, 3.05) is 0 Å². The molecule has 3 N–H and O–H groups in total. The summed E-state index contributed by atoms with van der Waals surface area (Å²) in [5.74, 6) is 0. The summed E-state index contributed by atoms with van der Waals surface area (Å²) in [5.41, 5.74) is -3.71. The molecule has 0 amide bonds. The van der Waals surface area contributed by atoms with Crippen LogP contribution in [-0.2, 0) is 30.2 Å². The lowest BCUT2D eigenvalue weighted by Crippen LogP contribution is -2.62. The number of hydrogen-bond acceptors (Lipinski definition) is 5. The second kappa shape index (κ2) is 12.1. The number of aliphatic hydroxyl groups is 3. The highest BCUT2D eigenvalue weighted by molar-refractivity contribution is 6.36. The molecular weight excluding hydrogens is 628 g/mol. The first kappa shape index (κ1) is 31.5. The van der Waals surface area contributed by atoms with Crippen LogP contribution in [-0.4, -0.2) is 48.3 Å². The van der Waals surface area contributed by atoms with Gasteiger partial charge in [0.1, 0.15) is 22.8 Å². The number of halogens is 5. The van der Waals surface area contributed by atoms with E-state index in [1.165, 1.54) is 0 Å². The van der Waals surface area contributed by atoms with E-state index < -0.39 is 41.4 Å². The van der Waals surface area contributed by atoms with Crippen LogP contribution in [0.2, 0.25) is 10.3 Å². The summed E-state index contributed by atoms with van der Waals surface area (Å²) in [6.07, 6.45) is -9.44. The van der Waals surface area contributed by atoms with Gasteiger partial charge < -0.3 is 20.1 Å². The molecule has 6 nitrogen and oxygen atoms in total. The predicted molar refractivity (Wildman–Crippen MR) is 165 cm³/mol.